The van der Waals surface area contributed by atoms with Crippen molar-refractivity contribution < 1.29 is 18.7 Å². The Balaban J connectivity index is 1.86. The Hall–Kier alpha value is -1.87. The third kappa shape index (κ3) is 5.86. The van der Waals surface area contributed by atoms with Crippen molar-refractivity contribution in [3.63, 3.8) is 0 Å². The number of hydrogen-bond acceptors (Lipinski definition) is 8. The SMILES string of the molecule is COC(=O)C(CCSC)NC(=O)CCc1nnc(-c2ccc(C)s2)o1. The first-order valence-electron chi connectivity index (χ1n) is 7.78. The van der Waals surface area contributed by atoms with E-state index in [1.165, 1.54) is 7.11 Å². The number of methoxy groups -OCH3 is 1. The number of thiophene rings is 1. The van der Waals surface area contributed by atoms with Crippen LogP contribution in [0.25, 0.3) is 10.8 Å². The van der Waals surface area contributed by atoms with Crippen LogP contribution in [0.5, 0.6) is 0 Å². The van der Waals surface area contributed by atoms with E-state index in [2.05, 4.69) is 15.5 Å². The van der Waals surface area contributed by atoms with Crippen molar-refractivity contribution in [2.45, 2.75) is 32.2 Å². The molecule has 1 atom stereocenters. The second-order valence-corrected chi connectivity index (χ2v) is 7.61. The highest BCUT2D eigenvalue weighted by Crippen LogP contribution is 2.26. The number of ether oxygens (including phenoxy) is 1. The zero-order valence-electron chi connectivity index (χ0n) is 14.4. The van der Waals surface area contributed by atoms with Crippen molar-refractivity contribution in [1.29, 1.82) is 0 Å². The van der Waals surface area contributed by atoms with Crippen molar-refractivity contribution in [1.82, 2.24) is 15.5 Å². The maximum absolute atomic E-state index is 12.1. The van der Waals surface area contributed by atoms with Gasteiger partial charge in [-0.2, -0.15) is 11.8 Å². The number of nitrogens with one attached hydrogen (secondary N) is 1. The summed E-state index contributed by atoms with van der Waals surface area (Å²) < 4.78 is 10.3. The van der Waals surface area contributed by atoms with E-state index in [0.717, 1.165) is 15.5 Å². The Morgan fingerprint density at radius 2 is 2.20 bits per heavy atom. The zero-order valence-corrected chi connectivity index (χ0v) is 16.0. The van der Waals surface area contributed by atoms with Crippen LogP contribution in [0.15, 0.2) is 16.5 Å². The van der Waals surface area contributed by atoms with Gasteiger partial charge in [-0.15, -0.1) is 21.5 Å². The fourth-order valence-corrected chi connectivity index (χ4v) is 3.38. The van der Waals surface area contributed by atoms with Gasteiger partial charge in [-0.25, -0.2) is 4.79 Å². The average molecular weight is 383 g/mol. The van der Waals surface area contributed by atoms with Gasteiger partial charge in [-0.3, -0.25) is 4.79 Å². The first kappa shape index (κ1) is 19.5. The number of amides is 1. The van der Waals surface area contributed by atoms with E-state index in [1.807, 2.05) is 25.3 Å². The van der Waals surface area contributed by atoms with Crippen LogP contribution < -0.4 is 5.32 Å². The predicted molar refractivity (Wildman–Crippen MR) is 97.6 cm³/mol. The lowest BCUT2D eigenvalue weighted by atomic mass is 10.2. The van der Waals surface area contributed by atoms with Crippen LogP contribution in [0.1, 0.15) is 23.6 Å². The molecular formula is C16H21N3O4S2. The second kappa shape index (κ2) is 9.57. The Bertz CT molecular complexity index is 714. The molecule has 2 aromatic rings. The van der Waals surface area contributed by atoms with Gasteiger partial charge in [0.2, 0.25) is 11.8 Å². The molecule has 9 heteroatoms. The molecule has 0 bridgehead atoms. The maximum Gasteiger partial charge on any atom is 0.328 e. The monoisotopic (exact) mass is 383 g/mol. The molecule has 2 rings (SSSR count). The molecule has 0 saturated carbocycles. The summed E-state index contributed by atoms with van der Waals surface area (Å²) in [6.45, 7) is 2.00. The summed E-state index contributed by atoms with van der Waals surface area (Å²) in [6.07, 6.45) is 2.96. The van der Waals surface area contributed by atoms with Gasteiger partial charge in [0.15, 0.2) is 0 Å². The molecule has 0 aliphatic carbocycles. The lowest BCUT2D eigenvalue weighted by Crippen LogP contribution is -2.42. The predicted octanol–water partition coefficient (Wildman–Crippen LogP) is 2.45. The number of carbonyl (C=O) groups is 2. The quantitative estimate of drug-likeness (QED) is 0.665. The highest BCUT2D eigenvalue weighted by atomic mass is 32.2. The summed E-state index contributed by atoms with van der Waals surface area (Å²) >= 11 is 3.18. The van der Waals surface area contributed by atoms with E-state index in [4.69, 9.17) is 9.15 Å². The minimum absolute atomic E-state index is 0.165. The number of rotatable bonds is 9. The maximum atomic E-state index is 12.1. The highest BCUT2D eigenvalue weighted by Gasteiger charge is 2.21. The van der Waals surface area contributed by atoms with Gasteiger partial charge in [0, 0.05) is 17.7 Å². The van der Waals surface area contributed by atoms with Crippen LogP contribution in [0.4, 0.5) is 0 Å². The molecular weight excluding hydrogens is 362 g/mol. The molecule has 0 spiro atoms. The highest BCUT2D eigenvalue weighted by molar-refractivity contribution is 7.98. The molecule has 0 radical (unpaired) electrons. The van der Waals surface area contributed by atoms with E-state index < -0.39 is 12.0 Å². The molecule has 2 heterocycles. The number of aromatic nitrogens is 2. The lowest BCUT2D eigenvalue weighted by molar-refractivity contribution is -0.145. The number of thioether (sulfide) groups is 1. The van der Waals surface area contributed by atoms with Crippen LogP contribution in [0, 0.1) is 6.92 Å². The summed E-state index contributed by atoms with van der Waals surface area (Å²) in [5, 5.41) is 10.7. The van der Waals surface area contributed by atoms with Crippen LogP contribution in [-0.4, -0.2) is 47.2 Å². The number of carbonyl (C=O) groups excluding carboxylic acids is 2. The summed E-state index contributed by atoms with van der Waals surface area (Å²) in [6, 6.07) is 3.28. The molecule has 0 aromatic carbocycles. The molecule has 2 aromatic heterocycles. The number of hydrogen-bond donors (Lipinski definition) is 1. The molecule has 136 valence electrons. The largest absolute Gasteiger partial charge is 0.467 e. The number of nitrogens with zero attached hydrogens (tertiary/aromatic N) is 2. The van der Waals surface area contributed by atoms with Crippen LogP contribution in [0.2, 0.25) is 0 Å². The van der Waals surface area contributed by atoms with E-state index in [0.29, 0.717) is 24.6 Å². The van der Waals surface area contributed by atoms with Gasteiger partial charge in [0.25, 0.3) is 5.89 Å². The van der Waals surface area contributed by atoms with Crippen molar-refractivity contribution in [2.24, 2.45) is 0 Å². The van der Waals surface area contributed by atoms with Crippen molar-refractivity contribution in [3.8, 4) is 10.8 Å². The van der Waals surface area contributed by atoms with Crippen LogP contribution >= 0.6 is 23.1 Å². The summed E-state index contributed by atoms with van der Waals surface area (Å²) in [5.41, 5.74) is 0. The van der Waals surface area contributed by atoms with E-state index in [9.17, 15) is 9.59 Å². The van der Waals surface area contributed by atoms with Gasteiger partial charge in [0.05, 0.1) is 12.0 Å². The third-order valence-corrected chi connectivity index (χ3v) is 5.05. The van der Waals surface area contributed by atoms with Gasteiger partial charge in [-0.1, -0.05) is 0 Å². The first-order chi connectivity index (χ1) is 12.0. The normalized spacial score (nSPS) is 12.0. The van der Waals surface area contributed by atoms with Gasteiger partial charge in [0.1, 0.15) is 6.04 Å². The third-order valence-electron chi connectivity index (χ3n) is 3.42. The number of aryl methyl sites for hydroxylation is 2. The van der Waals surface area contributed by atoms with Crippen molar-refractivity contribution in [2.75, 3.05) is 19.1 Å². The molecule has 1 unspecified atom stereocenters. The Kier molecular flexibility index (Phi) is 7.45. The van der Waals surface area contributed by atoms with Gasteiger partial charge in [-0.05, 0) is 37.5 Å². The van der Waals surface area contributed by atoms with Crippen molar-refractivity contribution >= 4 is 35.0 Å². The topological polar surface area (TPSA) is 94.3 Å². The minimum atomic E-state index is -0.628. The molecule has 7 nitrogen and oxygen atoms in total. The Morgan fingerprint density at radius 1 is 1.40 bits per heavy atom. The zero-order chi connectivity index (χ0) is 18.2. The summed E-state index contributed by atoms with van der Waals surface area (Å²) in [7, 11) is 1.31. The van der Waals surface area contributed by atoms with Gasteiger partial charge >= 0.3 is 5.97 Å². The standard InChI is InChI=1S/C16H21N3O4S2/c1-10-4-5-12(25-10)15-19-18-14(23-15)7-6-13(20)17-11(8-9-24-3)16(21)22-2/h4-5,11H,6-9H2,1-3H3,(H,17,20). The first-order valence-corrected chi connectivity index (χ1v) is 9.99. The smallest absolute Gasteiger partial charge is 0.328 e. The molecule has 0 saturated heterocycles. The average Bonchev–Trinajstić information content (AvgIpc) is 3.24. The molecule has 0 aliphatic rings. The molecule has 0 fully saturated rings. The summed E-state index contributed by atoms with van der Waals surface area (Å²) in [4.78, 5) is 25.8. The van der Waals surface area contributed by atoms with Crippen LogP contribution in [0.3, 0.4) is 0 Å². The fourth-order valence-electron chi connectivity index (χ4n) is 2.12. The molecule has 1 amide bonds. The molecule has 0 aliphatic heterocycles. The Labute approximate surface area is 154 Å². The Morgan fingerprint density at radius 3 is 2.84 bits per heavy atom. The minimum Gasteiger partial charge on any atom is -0.467 e. The van der Waals surface area contributed by atoms with E-state index >= 15 is 0 Å². The lowest BCUT2D eigenvalue weighted by Gasteiger charge is -2.15. The van der Waals surface area contributed by atoms with Crippen molar-refractivity contribution in [3.05, 3.63) is 22.9 Å². The van der Waals surface area contributed by atoms with Crippen LogP contribution in [-0.2, 0) is 20.7 Å². The van der Waals surface area contributed by atoms with E-state index in [1.54, 1.807) is 23.1 Å². The van der Waals surface area contributed by atoms with Gasteiger partial charge < -0.3 is 14.5 Å². The molecule has 1 N–H and O–H groups in total. The fraction of sp³-hybridized carbons (Fsp3) is 0.500. The van der Waals surface area contributed by atoms with E-state index in [-0.39, 0.29) is 12.3 Å². The number of esters is 1. The second-order valence-electron chi connectivity index (χ2n) is 5.34. The summed E-state index contributed by atoms with van der Waals surface area (Å²) in [5.74, 6) is 0.933. The molecule has 25 heavy (non-hydrogen) atoms.